The van der Waals surface area contributed by atoms with Gasteiger partial charge in [-0.25, -0.2) is 0 Å². The highest BCUT2D eigenvalue weighted by Crippen LogP contribution is 2.47. The molecule has 0 spiro atoms. The van der Waals surface area contributed by atoms with Crippen LogP contribution in [-0.4, -0.2) is 30.7 Å². The fourth-order valence-electron chi connectivity index (χ4n) is 7.23. The largest absolute Gasteiger partial charge is 0.382 e. The number of hydrogen-bond acceptors (Lipinski definition) is 4. The van der Waals surface area contributed by atoms with E-state index in [1.807, 2.05) is 0 Å². The third-order valence-corrected chi connectivity index (χ3v) is 9.88. The predicted octanol–water partition coefficient (Wildman–Crippen LogP) is 5.88. The van der Waals surface area contributed by atoms with Crippen LogP contribution in [-0.2, 0) is 0 Å². The van der Waals surface area contributed by atoms with Crippen LogP contribution in [0.3, 0.4) is 0 Å². The Morgan fingerprint density at radius 2 is 1.88 bits per heavy atom. The lowest BCUT2D eigenvalue weighted by Crippen LogP contribution is -2.68. The molecule has 34 heavy (non-hydrogen) atoms. The fraction of sp³-hybridized carbons (Fsp3) is 0.867. The van der Waals surface area contributed by atoms with Crippen LogP contribution < -0.4 is 22.1 Å². The lowest BCUT2D eigenvalue weighted by Gasteiger charge is -2.57. The van der Waals surface area contributed by atoms with E-state index >= 15 is 0 Å². The van der Waals surface area contributed by atoms with E-state index in [0.717, 1.165) is 62.6 Å². The Labute approximate surface area is 211 Å². The molecule has 2 fully saturated rings. The van der Waals surface area contributed by atoms with Gasteiger partial charge in [0.1, 0.15) is 0 Å². The molecule has 4 rings (SSSR count). The number of allylic oxidation sites excluding steroid dienone is 3. The van der Waals surface area contributed by atoms with Crippen molar-refractivity contribution >= 4 is 0 Å². The van der Waals surface area contributed by atoms with Crippen molar-refractivity contribution in [1.29, 1.82) is 0 Å². The molecule has 0 aromatic heterocycles. The van der Waals surface area contributed by atoms with Gasteiger partial charge >= 0.3 is 0 Å². The van der Waals surface area contributed by atoms with Crippen molar-refractivity contribution in [2.75, 3.05) is 19.6 Å². The molecule has 6 N–H and O–H groups in total. The standard InChI is InChI=1S/C30H56N4/c1-23-10-6-5-7-12-27-21-30(34-23,24(27)2)22-33-29(3,4)28-15-13-26(14-16-28)20-25(17-19-32)11-8-9-18-31/h5,7,24-28,33-34H,1,6,8-22,31-32H2,2-4H3/b7-5-. The van der Waals surface area contributed by atoms with E-state index in [1.54, 1.807) is 0 Å². The van der Waals surface area contributed by atoms with Gasteiger partial charge in [-0.3, -0.25) is 0 Å². The first-order valence-corrected chi connectivity index (χ1v) is 14.6. The van der Waals surface area contributed by atoms with Crippen molar-refractivity contribution < 1.29 is 0 Å². The average Bonchev–Trinajstić information content (AvgIpc) is 2.82. The molecule has 0 saturated heterocycles. The number of rotatable bonds is 12. The highest BCUT2D eigenvalue weighted by molar-refractivity contribution is 5.16. The van der Waals surface area contributed by atoms with Gasteiger partial charge in [-0.05, 0) is 114 Å². The first kappa shape index (κ1) is 27.7. The summed E-state index contributed by atoms with van der Waals surface area (Å²) in [7, 11) is 0. The molecule has 2 saturated carbocycles. The highest BCUT2D eigenvalue weighted by Gasteiger charge is 2.51. The molecule has 2 aliphatic heterocycles. The normalized spacial score (nSPS) is 34.1. The molecule has 0 aromatic carbocycles. The molecule has 2 bridgehead atoms. The fourth-order valence-corrected chi connectivity index (χ4v) is 7.23. The maximum Gasteiger partial charge on any atom is 0.0525 e. The summed E-state index contributed by atoms with van der Waals surface area (Å²) in [5, 5.41) is 7.98. The van der Waals surface area contributed by atoms with Crippen LogP contribution in [0.15, 0.2) is 24.4 Å². The molecule has 4 heteroatoms. The number of hydrogen-bond donors (Lipinski definition) is 4. The van der Waals surface area contributed by atoms with Crippen LogP contribution in [0.2, 0.25) is 0 Å². The van der Waals surface area contributed by atoms with Crippen molar-refractivity contribution in [3.05, 3.63) is 24.4 Å². The SMILES string of the molecule is C=C1CC/C=C\CC2CC(CNC(C)(C)C3CCC(CC(CCN)CCCCN)CC3)(N1)C2C. The van der Waals surface area contributed by atoms with Crippen molar-refractivity contribution in [2.45, 2.75) is 115 Å². The van der Waals surface area contributed by atoms with Crippen LogP contribution in [0.25, 0.3) is 0 Å². The summed E-state index contributed by atoms with van der Waals surface area (Å²) in [6, 6.07) is 0. The van der Waals surface area contributed by atoms with E-state index < -0.39 is 0 Å². The zero-order valence-corrected chi connectivity index (χ0v) is 22.7. The summed E-state index contributed by atoms with van der Waals surface area (Å²) in [6.07, 6.45) is 21.2. The Bertz CT molecular complexity index is 648. The van der Waals surface area contributed by atoms with E-state index in [2.05, 4.69) is 50.1 Å². The van der Waals surface area contributed by atoms with Gasteiger partial charge in [0.05, 0.1) is 5.54 Å². The smallest absolute Gasteiger partial charge is 0.0525 e. The monoisotopic (exact) mass is 472 g/mol. The van der Waals surface area contributed by atoms with Crippen LogP contribution in [0.5, 0.6) is 0 Å². The molecular weight excluding hydrogens is 416 g/mol. The van der Waals surface area contributed by atoms with Gasteiger partial charge in [0.25, 0.3) is 0 Å². The van der Waals surface area contributed by atoms with Crippen molar-refractivity contribution in [3.63, 3.8) is 0 Å². The second-order valence-electron chi connectivity index (χ2n) is 12.6. The second-order valence-corrected chi connectivity index (χ2v) is 12.6. The summed E-state index contributed by atoms with van der Waals surface area (Å²) in [4.78, 5) is 0. The molecule has 4 atom stereocenters. The van der Waals surface area contributed by atoms with Gasteiger partial charge in [-0.1, -0.05) is 51.3 Å². The second kappa shape index (κ2) is 12.9. The first-order chi connectivity index (χ1) is 16.3. The Hall–Kier alpha value is -0.840. The molecule has 2 heterocycles. The van der Waals surface area contributed by atoms with E-state index in [1.165, 1.54) is 69.9 Å². The van der Waals surface area contributed by atoms with Crippen molar-refractivity contribution in [3.8, 4) is 0 Å². The van der Waals surface area contributed by atoms with Crippen LogP contribution >= 0.6 is 0 Å². The Morgan fingerprint density at radius 3 is 2.56 bits per heavy atom. The van der Waals surface area contributed by atoms with Gasteiger partial charge in [-0.2, -0.15) is 0 Å². The van der Waals surface area contributed by atoms with Gasteiger partial charge in [0.15, 0.2) is 0 Å². The van der Waals surface area contributed by atoms with Gasteiger partial charge in [-0.15, -0.1) is 0 Å². The minimum atomic E-state index is 0.181. The summed E-state index contributed by atoms with van der Waals surface area (Å²) in [5.74, 6) is 3.95. The molecule has 4 aliphatic rings. The lowest BCUT2D eigenvalue weighted by molar-refractivity contribution is 0.0151. The molecule has 0 radical (unpaired) electrons. The van der Waals surface area contributed by atoms with E-state index in [-0.39, 0.29) is 11.1 Å². The first-order valence-electron chi connectivity index (χ1n) is 14.6. The van der Waals surface area contributed by atoms with Crippen molar-refractivity contribution in [1.82, 2.24) is 10.6 Å². The zero-order valence-electron chi connectivity index (χ0n) is 22.7. The molecular formula is C30H56N4. The number of nitrogens with two attached hydrogens (primary N) is 2. The average molecular weight is 473 g/mol. The van der Waals surface area contributed by atoms with E-state index in [4.69, 9.17) is 11.5 Å². The lowest BCUT2D eigenvalue weighted by atomic mass is 9.58. The molecule has 4 unspecified atom stereocenters. The minimum Gasteiger partial charge on any atom is -0.382 e. The van der Waals surface area contributed by atoms with E-state index in [9.17, 15) is 0 Å². The third-order valence-electron chi connectivity index (χ3n) is 9.88. The van der Waals surface area contributed by atoms with Crippen LogP contribution in [0.1, 0.15) is 104 Å². The number of fused-ring (bicyclic) bond motifs is 5. The summed E-state index contributed by atoms with van der Waals surface area (Å²) in [6.45, 7) is 14.4. The third kappa shape index (κ3) is 7.34. The van der Waals surface area contributed by atoms with E-state index in [0.29, 0.717) is 5.92 Å². The Kier molecular flexibility index (Phi) is 10.5. The Balaban J connectivity index is 1.49. The number of unbranched alkanes of at least 4 members (excludes halogenated alkanes) is 1. The molecule has 4 nitrogen and oxygen atoms in total. The number of nitrogens with one attached hydrogen (secondary N) is 2. The Morgan fingerprint density at radius 1 is 1.12 bits per heavy atom. The highest BCUT2D eigenvalue weighted by atomic mass is 15.1. The molecule has 2 aliphatic carbocycles. The van der Waals surface area contributed by atoms with Gasteiger partial charge < -0.3 is 22.1 Å². The predicted molar refractivity (Wildman–Crippen MR) is 147 cm³/mol. The molecule has 196 valence electrons. The minimum absolute atomic E-state index is 0.181. The summed E-state index contributed by atoms with van der Waals surface area (Å²) in [5.41, 5.74) is 13.2. The quantitative estimate of drug-likeness (QED) is 0.211. The topological polar surface area (TPSA) is 76.1 Å². The van der Waals surface area contributed by atoms with Crippen molar-refractivity contribution in [2.24, 2.45) is 41.1 Å². The molecule has 0 aromatic rings. The van der Waals surface area contributed by atoms with Crippen LogP contribution in [0.4, 0.5) is 0 Å². The maximum absolute atomic E-state index is 5.93. The zero-order chi connectivity index (χ0) is 24.6. The van der Waals surface area contributed by atoms with Gasteiger partial charge in [0.2, 0.25) is 0 Å². The maximum atomic E-state index is 5.93. The summed E-state index contributed by atoms with van der Waals surface area (Å²) < 4.78 is 0. The van der Waals surface area contributed by atoms with Crippen LogP contribution in [0, 0.1) is 29.6 Å². The molecule has 0 amide bonds. The summed E-state index contributed by atoms with van der Waals surface area (Å²) >= 11 is 0. The van der Waals surface area contributed by atoms with Gasteiger partial charge in [0, 0.05) is 17.8 Å².